The van der Waals surface area contributed by atoms with Crippen molar-refractivity contribution in [1.82, 2.24) is 13.4 Å². The lowest BCUT2D eigenvalue weighted by atomic mass is 10.4. The zero-order chi connectivity index (χ0) is 15.0. The van der Waals surface area contributed by atoms with Gasteiger partial charge in [0.25, 0.3) is 15.6 Å². The van der Waals surface area contributed by atoms with Gasteiger partial charge in [0.2, 0.25) is 0 Å². The van der Waals surface area contributed by atoms with Gasteiger partial charge in [0, 0.05) is 27.3 Å². The number of sulfonamides is 1. The smallest absolute Gasteiger partial charge is 0.302 e. The standard InChI is InChI=1S/C10H14N4O4S/c1-7(5-11)14(4)19(17,18)8-6-12(2)10(16)13(3)9(8)15/h6-7H,1-4H3. The van der Waals surface area contributed by atoms with E-state index in [0.29, 0.717) is 4.57 Å². The van der Waals surface area contributed by atoms with Gasteiger partial charge in [-0.05, 0) is 6.92 Å². The molecule has 9 heteroatoms. The predicted molar refractivity (Wildman–Crippen MR) is 66.9 cm³/mol. The van der Waals surface area contributed by atoms with Crippen molar-refractivity contribution in [1.29, 1.82) is 5.26 Å². The molecule has 0 bridgehead atoms. The highest BCUT2D eigenvalue weighted by molar-refractivity contribution is 7.89. The van der Waals surface area contributed by atoms with Crippen LogP contribution in [0.2, 0.25) is 0 Å². The summed E-state index contributed by atoms with van der Waals surface area (Å²) in [5.74, 6) is 0. The Kier molecular flexibility index (Phi) is 3.97. The molecule has 1 rings (SSSR count). The molecule has 0 aliphatic rings. The molecule has 0 aliphatic heterocycles. The summed E-state index contributed by atoms with van der Waals surface area (Å²) in [5.41, 5.74) is -1.54. The topological polar surface area (TPSA) is 105 Å². The molecule has 0 saturated heterocycles. The maximum Gasteiger partial charge on any atom is 0.330 e. The highest BCUT2D eigenvalue weighted by atomic mass is 32.2. The Labute approximate surface area is 110 Å². The molecule has 1 heterocycles. The summed E-state index contributed by atoms with van der Waals surface area (Å²) in [6, 6.07) is 0.846. The van der Waals surface area contributed by atoms with E-state index in [2.05, 4.69) is 0 Å². The van der Waals surface area contributed by atoms with Crippen LogP contribution in [0.1, 0.15) is 6.92 Å². The van der Waals surface area contributed by atoms with Crippen LogP contribution in [0.15, 0.2) is 20.7 Å². The van der Waals surface area contributed by atoms with E-state index in [0.717, 1.165) is 15.1 Å². The van der Waals surface area contributed by atoms with Crippen LogP contribution in [0.3, 0.4) is 0 Å². The SMILES string of the molecule is CC(C#N)N(C)S(=O)(=O)c1cn(C)c(=O)n(C)c1=O. The van der Waals surface area contributed by atoms with Gasteiger partial charge in [0.05, 0.1) is 6.07 Å². The monoisotopic (exact) mass is 286 g/mol. The first-order valence-electron chi connectivity index (χ1n) is 5.29. The molecule has 1 atom stereocenters. The molecule has 1 unspecified atom stereocenters. The van der Waals surface area contributed by atoms with Gasteiger partial charge in [0.1, 0.15) is 6.04 Å². The highest BCUT2D eigenvalue weighted by Gasteiger charge is 2.29. The second kappa shape index (κ2) is 4.99. The minimum Gasteiger partial charge on any atom is -0.302 e. The van der Waals surface area contributed by atoms with Gasteiger partial charge < -0.3 is 4.57 Å². The van der Waals surface area contributed by atoms with Gasteiger partial charge in [-0.3, -0.25) is 9.36 Å². The van der Waals surface area contributed by atoms with E-state index in [4.69, 9.17) is 5.26 Å². The number of hydrogen-bond donors (Lipinski definition) is 0. The van der Waals surface area contributed by atoms with Crippen molar-refractivity contribution in [2.75, 3.05) is 7.05 Å². The Hall–Kier alpha value is -1.92. The fourth-order valence-corrected chi connectivity index (χ4v) is 2.82. The molecule has 0 spiro atoms. The fraction of sp³-hybridized carbons (Fsp3) is 0.500. The zero-order valence-electron chi connectivity index (χ0n) is 11.0. The summed E-state index contributed by atoms with van der Waals surface area (Å²) in [5, 5.41) is 8.74. The number of aromatic nitrogens is 2. The Morgan fingerprint density at radius 2 is 1.89 bits per heavy atom. The van der Waals surface area contributed by atoms with Gasteiger partial charge in [-0.2, -0.15) is 9.57 Å². The minimum atomic E-state index is -4.12. The largest absolute Gasteiger partial charge is 0.330 e. The molecule has 0 aromatic carbocycles. The first-order chi connectivity index (χ1) is 8.64. The van der Waals surface area contributed by atoms with Gasteiger partial charge in [-0.1, -0.05) is 0 Å². The van der Waals surface area contributed by atoms with Crippen molar-refractivity contribution in [2.24, 2.45) is 14.1 Å². The number of nitriles is 1. The van der Waals surface area contributed by atoms with Crippen LogP contribution in [0.5, 0.6) is 0 Å². The molecular formula is C10H14N4O4S. The Morgan fingerprint density at radius 1 is 1.37 bits per heavy atom. The lowest BCUT2D eigenvalue weighted by Gasteiger charge is -2.19. The highest BCUT2D eigenvalue weighted by Crippen LogP contribution is 2.11. The fourth-order valence-electron chi connectivity index (χ4n) is 1.40. The van der Waals surface area contributed by atoms with Crippen molar-refractivity contribution in [3.63, 3.8) is 0 Å². The molecule has 0 saturated carbocycles. The van der Waals surface area contributed by atoms with Crippen LogP contribution >= 0.6 is 0 Å². The van der Waals surface area contributed by atoms with E-state index in [9.17, 15) is 18.0 Å². The summed E-state index contributed by atoms with van der Waals surface area (Å²) in [6.07, 6.45) is 0.959. The van der Waals surface area contributed by atoms with E-state index in [1.807, 2.05) is 0 Å². The van der Waals surface area contributed by atoms with Crippen LogP contribution in [-0.2, 0) is 24.1 Å². The van der Waals surface area contributed by atoms with E-state index >= 15 is 0 Å². The van der Waals surface area contributed by atoms with Crippen molar-refractivity contribution in [3.05, 3.63) is 27.0 Å². The predicted octanol–water partition coefficient (Wildman–Crippen LogP) is -1.38. The van der Waals surface area contributed by atoms with Gasteiger partial charge in [-0.15, -0.1) is 0 Å². The quantitative estimate of drug-likeness (QED) is 0.680. The maximum atomic E-state index is 12.2. The van der Waals surface area contributed by atoms with E-state index in [-0.39, 0.29) is 0 Å². The minimum absolute atomic E-state index is 0.540. The summed E-state index contributed by atoms with van der Waals surface area (Å²) < 4.78 is 26.9. The van der Waals surface area contributed by atoms with Crippen molar-refractivity contribution in [2.45, 2.75) is 17.9 Å². The molecule has 1 aromatic heterocycles. The average molecular weight is 286 g/mol. The third-order valence-corrected chi connectivity index (χ3v) is 4.71. The van der Waals surface area contributed by atoms with E-state index in [1.165, 1.54) is 28.1 Å². The van der Waals surface area contributed by atoms with Gasteiger partial charge in [0.15, 0.2) is 4.90 Å². The lowest BCUT2D eigenvalue weighted by molar-refractivity contribution is 0.439. The van der Waals surface area contributed by atoms with Crippen LogP contribution in [0, 0.1) is 11.3 Å². The van der Waals surface area contributed by atoms with Crippen molar-refractivity contribution in [3.8, 4) is 6.07 Å². The Balaban J connectivity index is 3.62. The maximum absolute atomic E-state index is 12.2. The first kappa shape index (κ1) is 15.1. The molecule has 0 fully saturated rings. The van der Waals surface area contributed by atoms with E-state index in [1.54, 1.807) is 6.07 Å². The van der Waals surface area contributed by atoms with Crippen LogP contribution < -0.4 is 11.2 Å². The molecule has 0 radical (unpaired) electrons. The van der Waals surface area contributed by atoms with Crippen LogP contribution in [0.25, 0.3) is 0 Å². The first-order valence-corrected chi connectivity index (χ1v) is 6.73. The second-order valence-corrected chi connectivity index (χ2v) is 6.04. The Morgan fingerprint density at radius 3 is 2.37 bits per heavy atom. The normalized spacial score (nSPS) is 13.3. The third-order valence-electron chi connectivity index (χ3n) is 2.80. The molecule has 104 valence electrons. The lowest BCUT2D eigenvalue weighted by Crippen LogP contribution is -2.43. The molecular weight excluding hydrogens is 272 g/mol. The molecule has 8 nitrogen and oxygen atoms in total. The average Bonchev–Trinajstić information content (AvgIpc) is 2.38. The van der Waals surface area contributed by atoms with Gasteiger partial charge >= 0.3 is 5.69 Å². The Bertz CT molecular complexity index is 753. The number of rotatable bonds is 3. The van der Waals surface area contributed by atoms with Crippen LogP contribution in [0.4, 0.5) is 0 Å². The number of nitrogens with zero attached hydrogens (tertiary/aromatic N) is 4. The molecule has 0 N–H and O–H groups in total. The zero-order valence-corrected chi connectivity index (χ0v) is 11.8. The summed E-state index contributed by atoms with van der Waals surface area (Å²) in [4.78, 5) is 22.8. The van der Waals surface area contributed by atoms with Crippen molar-refractivity contribution >= 4 is 10.0 Å². The second-order valence-electron chi connectivity index (χ2n) is 4.08. The third kappa shape index (κ3) is 2.45. The van der Waals surface area contributed by atoms with Crippen molar-refractivity contribution < 1.29 is 8.42 Å². The molecule has 19 heavy (non-hydrogen) atoms. The molecule has 0 aliphatic carbocycles. The summed E-state index contributed by atoms with van der Waals surface area (Å²) in [6.45, 7) is 1.39. The summed E-state index contributed by atoms with van der Waals surface area (Å²) >= 11 is 0. The summed E-state index contributed by atoms with van der Waals surface area (Å²) in [7, 11) is -0.389. The van der Waals surface area contributed by atoms with Crippen LogP contribution in [-0.4, -0.2) is 34.9 Å². The molecule has 0 amide bonds. The number of hydrogen-bond acceptors (Lipinski definition) is 5. The molecule has 1 aromatic rings. The van der Waals surface area contributed by atoms with Gasteiger partial charge in [-0.25, -0.2) is 13.2 Å². The number of aryl methyl sites for hydroxylation is 1. The van der Waals surface area contributed by atoms with E-state index < -0.39 is 32.2 Å².